The number of hydrogen-bond acceptors (Lipinski definition) is 3. The van der Waals surface area contributed by atoms with Gasteiger partial charge in [-0.3, -0.25) is 10.2 Å². The molecule has 0 saturated heterocycles. The summed E-state index contributed by atoms with van der Waals surface area (Å²) in [5.74, 6) is -0.167. The number of amides is 1. The van der Waals surface area contributed by atoms with E-state index in [2.05, 4.69) is 17.4 Å². The molecular weight excluding hydrogens is 300 g/mol. The van der Waals surface area contributed by atoms with Gasteiger partial charge in [-0.05, 0) is 31.0 Å². The minimum absolute atomic E-state index is 0.0566. The summed E-state index contributed by atoms with van der Waals surface area (Å²) in [6.07, 6.45) is 2.42. The van der Waals surface area contributed by atoms with Gasteiger partial charge in [0.25, 0.3) is 5.91 Å². The lowest BCUT2D eigenvalue weighted by Gasteiger charge is -2.25. The lowest BCUT2D eigenvalue weighted by molar-refractivity contribution is 0.0238. The third-order valence-corrected chi connectivity index (χ3v) is 3.75. The summed E-state index contributed by atoms with van der Waals surface area (Å²) in [7, 11) is 0. The highest BCUT2D eigenvalue weighted by Crippen LogP contribution is 2.08. The molecule has 0 fully saturated rings. The maximum Gasteiger partial charge on any atom is 0.265 e. The maximum absolute atomic E-state index is 12.1. The van der Waals surface area contributed by atoms with E-state index in [1.54, 1.807) is 12.1 Å². The summed E-state index contributed by atoms with van der Waals surface area (Å²) in [6, 6.07) is 19.1. The van der Waals surface area contributed by atoms with E-state index in [1.807, 2.05) is 61.5 Å². The number of carbonyl (C=O) groups is 1. The van der Waals surface area contributed by atoms with Crippen LogP contribution < -0.4 is 10.9 Å². The Labute approximate surface area is 143 Å². The molecule has 0 aliphatic heterocycles. The molecule has 2 aromatic rings. The fraction of sp³-hybridized carbons (Fsp3) is 0.250. The predicted molar refractivity (Wildman–Crippen MR) is 96.3 cm³/mol. The van der Waals surface area contributed by atoms with Gasteiger partial charge in [0, 0.05) is 5.56 Å². The Balaban J connectivity index is 1.86. The van der Waals surface area contributed by atoms with Crippen molar-refractivity contribution in [2.24, 2.45) is 0 Å². The van der Waals surface area contributed by atoms with Crippen LogP contribution >= 0.6 is 0 Å². The SMILES string of the molecule is C=CC[C@@H](NNC(=O)c1ccccc1)[C@H](C)OCc1ccccc1. The molecule has 2 aromatic carbocycles. The quantitative estimate of drug-likeness (QED) is 0.548. The van der Waals surface area contributed by atoms with E-state index in [0.29, 0.717) is 18.6 Å². The second-order valence-electron chi connectivity index (χ2n) is 5.60. The van der Waals surface area contributed by atoms with Crippen molar-refractivity contribution in [3.8, 4) is 0 Å². The van der Waals surface area contributed by atoms with Crippen LogP contribution in [0.1, 0.15) is 29.3 Å². The summed E-state index contributed by atoms with van der Waals surface area (Å²) < 4.78 is 5.92. The molecule has 1 amide bonds. The van der Waals surface area contributed by atoms with Crippen molar-refractivity contribution >= 4 is 5.91 Å². The number of hydrazine groups is 1. The summed E-state index contributed by atoms with van der Waals surface area (Å²) in [5, 5.41) is 0. The molecule has 0 aliphatic rings. The smallest absolute Gasteiger partial charge is 0.265 e. The normalized spacial score (nSPS) is 13.0. The molecule has 4 heteroatoms. The standard InChI is InChI=1S/C20H24N2O2/c1-3-10-19(16(2)24-15-17-11-6-4-7-12-17)21-22-20(23)18-13-8-5-9-14-18/h3-9,11-14,16,19,21H,1,10,15H2,2H3,(H,22,23)/t16-,19+/m0/s1. The lowest BCUT2D eigenvalue weighted by atomic mass is 10.1. The van der Waals surface area contributed by atoms with Crippen LogP contribution in [0.5, 0.6) is 0 Å². The average molecular weight is 324 g/mol. The molecule has 2 N–H and O–H groups in total. The number of nitrogens with one attached hydrogen (secondary N) is 2. The molecule has 24 heavy (non-hydrogen) atoms. The Bertz CT molecular complexity index is 629. The topological polar surface area (TPSA) is 50.4 Å². The number of benzene rings is 2. The van der Waals surface area contributed by atoms with Gasteiger partial charge in [0.05, 0.1) is 18.8 Å². The Morgan fingerprint density at radius 3 is 2.38 bits per heavy atom. The zero-order valence-corrected chi connectivity index (χ0v) is 13.9. The van der Waals surface area contributed by atoms with Crippen LogP contribution in [0.25, 0.3) is 0 Å². The molecule has 126 valence electrons. The van der Waals surface area contributed by atoms with E-state index < -0.39 is 0 Å². The molecule has 0 bridgehead atoms. The fourth-order valence-electron chi connectivity index (χ4n) is 2.29. The Morgan fingerprint density at radius 1 is 1.12 bits per heavy atom. The largest absolute Gasteiger partial charge is 0.372 e. The number of ether oxygens (including phenoxy) is 1. The Kier molecular flexibility index (Phi) is 7.21. The predicted octanol–water partition coefficient (Wildman–Crippen LogP) is 3.47. The van der Waals surface area contributed by atoms with Crippen LogP contribution in [0.2, 0.25) is 0 Å². The number of rotatable bonds is 9. The molecule has 0 aromatic heterocycles. The molecule has 0 heterocycles. The van der Waals surface area contributed by atoms with Gasteiger partial charge in [0.15, 0.2) is 0 Å². The zero-order valence-electron chi connectivity index (χ0n) is 13.9. The van der Waals surface area contributed by atoms with Crippen LogP contribution in [0.3, 0.4) is 0 Å². The molecule has 0 radical (unpaired) electrons. The first-order chi connectivity index (χ1) is 11.7. The maximum atomic E-state index is 12.1. The molecule has 0 saturated carbocycles. The molecule has 0 unspecified atom stereocenters. The van der Waals surface area contributed by atoms with Crippen molar-refractivity contribution < 1.29 is 9.53 Å². The van der Waals surface area contributed by atoms with Gasteiger partial charge in [0.1, 0.15) is 0 Å². The van der Waals surface area contributed by atoms with Crippen molar-refractivity contribution in [3.05, 3.63) is 84.4 Å². The summed E-state index contributed by atoms with van der Waals surface area (Å²) >= 11 is 0. The molecular formula is C20H24N2O2. The van der Waals surface area contributed by atoms with Crippen LogP contribution in [-0.2, 0) is 11.3 Å². The number of hydrogen-bond donors (Lipinski definition) is 2. The van der Waals surface area contributed by atoms with Crippen LogP contribution in [-0.4, -0.2) is 18.1 Å². The Morgan fingerprint density at radius 2 is 1.75 bits per heavy atom. The molecule has 2 rings (SSSR count). The minimum atomic E-state index is -0.167. The average Bonchev–Trinajstić information content (AvgIpc) is 2.64. The first-order valence-corrected chi connectivity index (χ1v) is 8.08. The second kappa shape index (κ2) is 9.65. The van der Waals surface area contributed by atoms with Crippen LogP contribution in [0.15, 0.2) is 73.3 Å². The van der Waals surface area contributed by atoms with Gasteiger partial charge >= 0.3 is 0 Å². The first-order valence-electron chi connectivity index (χ1n) is 8.08. The van der Waals surface area contributed by atoms with Crippen LogP contribution in [0, 0.1) is 0 Å². The van der Waals surface area contributed by atoms with Crippen molar-refractivity contribution in [1.82, 2.24) is 10.9 Å². The van der Waals surface area contributed by atoms with E-state index in [1.165, 1.54) is 0 Å². The third-order valence-electron chi connectivity index (χ3n) is 3.75. The van der Waals surface area contributed by atoms with Crippen LogP contribution in [0.4, 0.5) is 0 Å². The highest BCUT2D eigenvalue weighted by Gasteiger charge is 2.17. The van der Waals surface area contributed by atoms with Gasteiger partial charge in [0.2, 0.25) is 0 Å². The van der Waals surface area contributed by atoms with Gasteiger partial charge in [-0.1, -0.05) is 54.6 Å². The lowest BCUT2D eigenvalue weighted by Crippen LogP contribution is -2.49. The summed E-state index contributed by atoms with van der Waals surface area (Å²) in [4.78, 5) is 12.1. The molecule has 2 atom stereocenters. The minimum Gasteiger partial charge on any atom is -0.372 e. The van der Waals surface area contributed by atoms with E-state index in [9.17, 15) is 4.79 Å². The van der Waals surface area contributed by atoms with Gasteiger partial charge < -0.3 is 4.74 Å². The van der Waals surface area contributed by atoms with Gasteiger partial charge in [-0.25, -0.2) is 5.43 Å². The third kappa shape index (κ3) is 5.65. The van der Waals surface area contributed by atoms with Crippen molar-refractivity contribution in [1.29, 1.82) is 0 Å². The van der Waals surface area contributed by atoms with Crippen molar-refractivity contribution in [3.63, 3.8) is 0 Å². The monoisotopic (exact) mass is 324 g/mol. The van der Waals surface area contributed by atoms with Crippen molar-refractivity contribution in [2.75, 3.05) is 0 Å². The first kappa shape index (κ1) is 17.9. The van der Waals surface area contributed by atoms with E-state index in [4.69, 9.17) is 4.74 Å². The Hall–Kier alpha value is -2.43. The summed E-state index contributed by atoms with van der Waals surface area (Å²) in [5.41, 5.74) is 7.54. The highest BCUT2D eigenvalue weighted by molar-refractivity contribution is 5.93. The highest BCUT2D eigenvalue weighted by atomic mass is 16.5. The van der Waals surface area contributed by atoms with Gasteiger partial charge in [-0.15, -0.1) is 6.58 Å². The van der Waals surface area contributed by atoms with E-state index >= 15 is 0 Å². The molecule has 4 nitrogen and oxygen atoms in total. The van der Waals surface area contributed by atoms with E-state index in [-0.39, 0.29) is 18.1 Å². The molecule has 0 aliphatic carbocycles. The second-order valence-corrected chi connectivity index (χ2v) is 5.60. The zero-order chi connectivity index (χ0) is 17.2. The number of carbonyl (C=O) groups excluding carboxylic acids is 1. The molecule has 0 spiro atoms. The summed E-state index contributed by atoms with van der Waals surface area (Å²) in [6.45, 7) is 6.29. The van der Waals surface area contributed by atoms with Crippen molar-refractivity contribution in [2.45, 2.75) is 32.1 Å². The van der Waals surface area contributed by atoms with Gasteiger partial charge in [-0.2, -0.15) is 0 Å². The van der Waals surface area contributed by atoms with E-state index in [0.717, 1.165) is 5.56 Å². The fourth-order valence-corrected chi connectivity index (χ4v) is 2.29.